The van der Waals surface area contributed by atoms with Crippen LogP contribution in [0.4, 0.5) is 5.69 Å². The van der Waals surface area contributed by atoms with E-state index < -0.39 is 0 Å². The first-order valence-corrected chi connectivity index (χ1v) is 11.3. The lowest BCUT2D eigenvalue weighted by Gasteiger charge is -2.09. The standard InChI is InChI=1S/C23H21N3O2S2/c1-14-7-9-16(10-8-14)18-12-29-21-20(18)25-23(26(3)22(21)28)30-13-19(27)24-17-6-4-5-15(2)11-17/h4-12H,13H2,1-3H3,(H,24,27). The summed E-state index contributed by atoms with van der Waals surface area (Å²) in [7, 11) is 1.70. The number of carbonyl (C=O) groups excluding carboxylic acids is 1. The van der Waals surface area contributed by atoms with Crippen molar-refractivity contribution in [2.45, 2.75) is 19.0 Å². The van der Waals surface area contributed by atoms with Crippen molar-refractivity contribution >= 4 is 44.9 Å². The highest BCUT2D eigenvalue weighted by atomic mass is 32.2. The lowest BCUT2D eigenvalue weighted by atomic mass is 10.1. The summed E-state index contributed by atoms with van der Waals surface area (Å²) >= 11 is 2.67. The number of amides is 1. The third-order valence-electron chi connectivity index (χ3n) is 4.75. The molecule has 0 aliphatic heterocycles. The normalized spacial score (nSPS) is 11.0. The van der Waals surface area contributed by atoms with Crippen molar-refractivity contribution in [2.75, 3.05) is 11.1 Å². The number of anilines is 1. The summed E-state index contributed by atoms with van der Waals surface area (Å²) in [6.45, 7) is 4.02. The molecule has 0 saturated heterocycles. The van der Waals surface area contributed by atoms with Crippen LogP contribution in [0, 0.1) is 13.8 Å². The van der Waals surface area contributed by atoms with Crippen LogP contribution in [0.1, 0.15) is 11.1 Å². The minimum absolute atomic E-state index is 0.0926. The van der Waals surface area contributed by atoms with Gasteiger partial charge in [0.1, 0.15) is 4.70 Å². The highest BCUT2D eigenvalue weighted by Gasteiger charge is 2.16. The number of rotatable bonds is 5. The van der Waals surface area contributed by atoms with Gasteiger partial charge >= 0.3 is 0 Å². The van der Waals surface area contributed by atoms with Gasteiger partial charge in [-0.1, -0.05) is 53.7 Å². The van der Waals surface area contributed by atoms with E-state index in [4.69, 9.17) is 4.98 Å². The summed E-state index contributed by atoms with van der Waals surface area (Å²) in [6, 6.07) is 15.8. The smallest absolute Gasteiger partial charge is 0.271 e. The van der Waals surface area contributed by atoms with Crippen LogP contribution in [-0.2, 0) is 11.8 Å². The van der Waals surface area contributed by atoms with Gasteiger partial charge < -0.3 is 5.32 Å². The van der Waals surface area contributed by atoms with Crippen LogP contribution in [0.2, 0.25) is 0 Å². The van der Waals surface area contributed by atoms with Gasteiger partial charge in [0.05, 0.1) is 11.3 Å². The number of nitrogens with one attached hydrogen (secondary N) is 1. The largest absolute Gasteiger partial charge is 0.325 e. The van der Waals surface area contributed by atoms with Crippen LogP contribution in [0.3, 0.4) is 0 Å². The zero-order chi connectivity index (χ0) is 21.3. The van der Waals surface area contributed by atoms with Crippen molar-refractivity contribution < 1.29 is 4.79 Å². The summed E-state index contributed by atoms with van der Waals surface area (Å²) in [6.07, 6.45) is 0. The number of thiophene rings is 1. The number of carbonyl (C=O) groups is 1. The molecule has 5 nitrogen and oxygen atoms in total. The number of hydrogen-bond donors (Lipinski definition) is 1. The van der Waals surface area contributed by atoms with Crippen LogP contribution < -0.4 is 10.9 Å². The topological polar surface area (TPSA) is 64.0 Å². The lowest BCUT2D eigenvalue weighted by Crippen LogP contribution is -2.20. The maximum atomic E-state index is 12.8. The molecule has 2 aromatic carbocycles. The van der Waals surface area contributed by atoms with E-state index in [2.05, 4.69) is 5.32 Å². The Balaban J connectivity index is 1.60. The first kappa shape index (κ1) is 20.4. The zero-order valence-corrected chi connectivity index (χ0v) is 18.6. The number of aryl methyl sites for hydroxylation is 2. The quantitative estimate of drug-likeness (QED) is 0.354. The molecule has 2 aromatic heterocycles. The third kappa shape index (κ3) is 4.17. The molecule has 1 N–H and O–H groups in total. The van der Waals surface area contributed by atoms with Crippen LogP contribution in [0.15, 0.2) is 63.9 Å². The minimum atomic E-state index is -0.135. The zero-order valence-electron chi connectivity index (χ0n) is 16.9. The summed E-state index contributed by atoms with van der Waals surface area (Å²) in [5, 5.41) is 5.39. The van der Waals surface area contributed by atoms with E-state index in [1.165, 1.54) is 33.2 Å². The molecule has 0 radical (unpaired) electrons. The fourth-order valence-electron chi connectivity index (χ4n) is 3.14. The summed E-state index contributed by atoms with van der Waals surface area (Å²) in [5.74, 6) is 0.0352. The van der Waals surface area contributed by atoms with E-state index in [-0.39, 0.29) is 17.2 Å². The SMILES string of the molecule is Cc1ccc(-c2csc3c(=O)n(C)c(SCC(=O)Nc4cccc(C)c4)nc23)cc1. The highest BCUT2D eigenvalue weighted by Crippen LogP contribution is 2.32. The molecule has 4 aromatic rings. The molecule has 1 amide bonds. The highest BCUT2D eigenvalue weighted by molar-refractivity contribution is 7.99. The maximum absolute atomic E-state index is 12.8. The van der Waals surface area contributed by atoms with Gasteiger partial charge in [0.25, 0.3) is 5.56 Å². The Hall–Kier alpha value is -2.90. The average Bonchev–Trinajstić information content (AvgIpc) is 3.14. The Morgan fingerprint density at radius 1 is 1.13 bits per heavy atom. The molecular formula is C23H21N3O2S2. The van der Waals surface area contributed by atoms with Crippen molar-refractivity contribution in [3.05, 3.63) is 75.4 Å². The van der Waals surface area contributed by atoms with Gasteiger partial charge in [-0.3, -0.25) is 14.2 Å². The van der Waals surface area contributed by atoms with Crippen molar-refractivity contribution in [3.63, 3.8) is 0 Å². The second-order valence-electron chi connectivity index (χ2n) is 7.16. The molecule has 4 rings (SSSR count). The van der Waals surface area contributed by atoms with E-state index in [1.807, 2.05) is 67.8 Å². The van der Waals surface area contributed by atoms with Gasteiger partial charge in [0.2, 0.25) is 5.91 Å². The fourth-order valence-corrected chi connectivity index (χ4v) is 4.89. The number of nitrogens with zero attached hydrogens (tertiary/aromatic N) is 2. The molecule has 0 fully saturated rings. The van der Waals surface area contributed by atoms with Crippen molar-refractivity contribution in [2.24, 2.45) is 7.05 Å². The van der Waals surface area contributed by atoms with Crippen molar-refractivity contribution in [3.8, 4) is 11.1 Å². The second kappa shape index (κ2) is 8.45. The lowest BCUT2D eigenvalue weighted by molar-refractivity contribution is -0.113. The number of fused-ring (bicyclic) bond motifs is 1. The first-order chi connectivity index (χ1) is 14.4. The van der Waals surface area contributed by atoms with E-state index in [0.717, 1.165) is 22.4 Å². The Morgan fingerprint density at radius 2 is 1.90 bits per heavy atom. The summed E-state index contributed by atoms with van der Waals surface area (Å²) < 4.78 is 2.14. The van der Waals surface area contributed by atoms with Gasteiger partial charge in [-0.05, 0) is 37.1 Å². The molecule has 152 valence electrons. The molecule has 0 unspecified atom stereocenters. The number of thioether (sulfide) groups is 1. The molecule has 2 heterocycles. The van der Waals surface area contributed by atoms with Crippen LogP contribution in [-0.4, -0.2) is 21.2 Å². The molecule has 0 bridgehead atoms. The Kier molecular flexibility index (Phi) is 5.74. The number of benzene rings is 2. The Bertz CT molecular complexity index is 1290. The molecule has 0 spiro atoms. The van der Waals surface area contributed by atoms with Crippen LogP contribution >= 0.6 is 23.1 Å². The van der Waals surface area contributed by atoms with Gasteiger partial charge in [0.15, 0.2) is 5.16 Å². The van der Waals surface area contributed by atoms with Crippen molar-refractivity contribution in [1.82, 2.24) is 9.55 Å². The molecule has 0 saturated carbocycles. The van der Waals surface area contributed by atoms with Gasteiger partial charge in [-0.2, -0.15) is 0 Å². The summed E-state index contributed by atoms with van der Waals surface area (Å²) in [4.78, 5) is 30.0. The second-order valence-corrected chi connectivity index (χ2v) is 8.98. The fraction of sp³-hybridized carbons (Fsp3) is 0.174. The van der Waals surface area contributed by atoms with Gasteiger partial charge in [-0.25, -0.2) is 4.98 Å². The van der Waals surface area contributed by atoms with Crippen LogP contribution in [0.25, 0.3) is 21.3 Å². The van der Waals surface area contributed by atoms with E-state index in [0.29, 0.717) is 15.4 Å². The molecule has 0 aliphatic carbocycles. The molecule has 0 atom stereocenters. The predicted molar refractivity (Wildman–Crippen MR) is 126 cm³/mol. The monoisotopic (exact) mass is 435 g/mol. The average molecular weight is 436 g/mol. The molecular weight excluding hydrogens is 414 g/mol. The molecule has 30 heavy (non-hydrogen) atoms. The molecule has 7 heteroatoms. The number of aromatic nitrogens is 2. The Labute approximate surface area is 182 Å². The van der Waals surface area contributed by atoms with Crippen molar-refractivity contribution in [1.29, 1.82) is 0 Å². The minimum Gasteiger partial charge on any atom is -0.325 e. The Morgan fingerprint density at radius 3 is 2.63 bits per heavy atom. The maximum Gasteiger partial charge on any atom is 0.271 e. The predicted octanol–water partition coefficient (Wildman–Crippen LogP) is 5.01. The third-order valence-corrected chi connectivity index (χ3v) is 6.74. The van der Waals surface area contributed by atoms with E-state index in [9.17, 15) is 9.59 Å². The van der Waals surface area contributed by atoms with Crippen LogP contribution in [0.5, 0.6) is 0 Å². The molecule has 0 aliphatic rings. The first-order valence-electron chi connectivity index (χ1n) is 9.47. The van der Waals surface area contributed by atoms with E-state index >= 15 is 0 Å². The number of hydrogen-bond acceptors (Lipinski definition) is 5. The summed E-state index contributed by atoms with van der Waals surface area (Å²) in [5.41, 5.74) is 5.59. The van der Waals surface area contributed by atoms with Gasteiger partial charge in [-0.15, -0.1) is 11.3 Å². The van der Waals surface area contributed by atoms with E-state index in [1.54, 1.807) is 7.05 Å². The van der Waals surface area contributed by atoms with Gasteiger partial charge in [0, 0.05) is 23.7 Å².